The largest absolute Gasteiger partial charge is 0.497 e. The fourth-order valence-corrected chi connectivity index (χ4v) is 3.26. The first-order valence-corrected chi connectivity index (χ1v) is 9.50. The molecule has 0 aliphatic carbocycles. The Morgan fingerprint density at radius 3 is 2.36 bits per heavy atom. The van der Waals surface area contributed by atoms with Crippen molar-refractivity contribution in [3.05, 3.63) is 24.3 Å². The highest BCUT2D eigenvalue weighted by Gasteiger charge is 2.22. The van der Waals surface area contributed by atoms with Crippen LogP contribution in [-0.2, 0) is 4.79 Å². The smallest absolute Gasteiger partial charge is 0.275 e. The maximum atomic E-state index is 12.2. The molecule has 1 saturated heterocycles. The summed E-state index contributed by atoms with van der Waals surface area (Å²) in [6.07, 6.45) is 2.22. The number of benzene rings is 1. The number of nitrogens with one attached hydrogen (secondary N) is 2. The van der Waals surface area contributed by atoms with E-state index < -0.39 is 0 Å². The Bertz CT molecular complexity index is 522. The number of methoxy groups -OCH3 is 1. The van der Waals surface area contributed by atoms with E-state index in [1.54, 1.807) is 7.11 Å². The van der Waals surface area contributed by atoms with Crippen LogP contribution in [0.3, 0.4) is 0 Å². The molecule has 0 bridgehead atoms. The van der Waals surface area contributed by atoms with Crippen LogP contribution in [0.4, 0.5) is 5.69 Å². The minimum atomic E-state index is 0.184. The predicted octanol–water partition coefficient (Wildman–Crippen LogP) is 1.34. The number of hydrogen-bond acceptors (Lipinski definition) is 3. The molecule has 0 spiro atoms. The van der Waals surface area contributed by atoms with Crippen LogP contribution >= 0.6 is 0 Å². The van der Waals surface area contributed by atoms with Gasteiger partial charge < -0.3 is 19.9 Å². The number of carbonyl (C=O) groups is 1. The SMILES string of the molecule is COc1ccc(N2CC[NH+](CC(=O)N[C@@H](C)CCC(C)C)CC2)cc1. The Kier molecular flexibility index (Phi) is 7.56. The lowest BCUT2D eigenvalue weighted by molar-refractivity contribution is -0.892. The van der Waals surface area contributed by atoms with E-state index in [0.29, 0.717) is 12.5 Å². The molecule has 1 aliphatic heterocycles. The van der Waals surface area contributed by atoms with Gasteiger partial charge in [-0.1, -0.05) is 13.8 Å². The second kappa shape index (κ2) is 9.66. The molecular weight excluding hydrogens is 314 g/mol. The van der Waals surface area contributed by atoms with Gasteiger partial charge in [0.05, 0.1) is 33.3 Å². The summed E-state index contributed by atoms with van der Waals surface area (Å²) < 4.78 is 5.21. The molecule has 1 amide bonds. The molecule has 2 rings (SSSR count). The second-order valence-electron chi connectivity index (χ2n) is 7.55. The standard InChI is InChI=1S/C20H33N3O2/c1-16(2)5-6-17(3)21-20(24)15-22-11-13-23(14-12-22)18-7-9-19(25-4)10-8-18/h7-10,16-17H,5-6,11-15H2,1-4H3,(H,21,24)/p+1/t17-/m0/s1. The number of anilines is 1. The molecule has 1 aromatic rings. The molecule has 1 atom stereocenters. The van der Waals surface area contributed by atoms with Gasteiger partial charge in [-0.2, -0.15) is 0 Å². The van der Waals surface area contributed by atoms with Crippen molar-refractivity contribution in [3.8, 4) is 5.75 Å². The number of rotatable bonds is 8. The van der Waals surface area contributed by atoms with Gasteiger partial charge in [-0.05, 0) is 49.9 Å². The third-order valence-electron chi connectivity index (χ3n) is 4.90. The molecule has 2 N–H and O–H groups in total. The Hall–Kier alpha value is -1.75. The van der Waals surface area contributed by atoms with E-state index in [-0.39, 0.29) is 11.9 Å². The van der Waals surface area contributed by atoms with Gasteiger partial charge >= 0.3 is 0 Å². The number of carbonyl (C=O) groups excluding carboxylic acids is 1. The van der Waals surface area contributed by atoms with Crippen LogP contribution in [0.5, 0.6) is 5.75 Å². The topological polar surface area (TPSA) is 46.0 Å². The Morgan fingerprint density at radius 1 is 1.16 bits per heavy atom. The van der Waals surface area contributed by atoms with Crippen LogP contribution in [0, 0.1) is 5.92 Å². The van der Waals surface area contributed by atoms with E-state index >= 15 is 0 Å². The zero-order chi connectivity index (χ0) is 18.2. The molecule has 1 fully saturated rings. The first kappa shape index (κ1) is 19.6. The fraction of sp³-hybridized carbons (Fsp3) is 0.650. The molecule has 0 radical (unpaired) electrons. The first-order valence-electron chi connectivity index (χ1n) is 9.50. The summed E-state index contributed by atoms with van der Waals surface area (Å²) in [7, 11) is 1.69. The summed E-state index contributed by atoms with van der Waals surface area (Å²) in [6, 6.07) is 8.48. The van der Waals surface area contributed by atoms with Crippen molar-refractivity contribution in [1.82, 2.24) is 5.32 Å². The lowest BCUT2D eigenvalue weighted by Crippen LogP contribution is -3.16. The number of nitrogens with zero attached hydrogens (tertiary/aromatic N) is 1. The van der Waals surface area contributed by atoms with Gasteiger partial charge in [0.1, 0.15) is 5.75 Å². The number of ether oxygens (including phenoxy) is 1. The molecule has 140 valence electrons. The number of hydrogen-bond donors (Lipinski definition) is 2. The summed E-state index contributed by atoms with van der Waals surface area (Å²) in [4.78, 5) is 16.0. The van der Waals surface area contributed by atoms with Crippen LogP contribution < -0.4 is 19.9 Å². The summed E-state index contributed by atoms with van der Waals surface area (Å²) in [5.74, 6) is 1.76. The summed E-state index contributed by atoms with van der Waals surface area (Å²) in [6.45, 7) is 11.1. The van der Waals surface area contributed by atoms with Gasteiger partial charge in [0, 0.05) is 11.7 Å². The molecule has 0 aromatic heterocycles. The van der Waals surface area contributed by atoms with Crippen LogP contribution in [-0.4, -0.2) is 51.8 Å². The first-order chi connectivity index (χ1) is 12.0. The lowest BCUT2D eigenvalue weighted by Gasteiger charge is -2.33. The van der Waals surface area contributed by atoms with Crippen molar-refractivity contribution in [2.75, 3.05) is 44.7 Å². The third kappa shape index (κ3) is 6.58. The van der Waals surface area contributed by atoms with E-state index in [0.717, 1.165) is 44.8 Å². The Balaban J connectivity index is 1.71. The highest BCUT2D eigenvalue weighted by molar-refractivity contribution is 5.77. The zero-order valence-corrected chi connectivity index (χ0v) is 16.2. The number of amides is 1. The minimum absolute atomic E-state index is 0.184. The van der Waals surface area contributed by atoms with Crippen molar-refractivity contribution < 1.29 is 14.4 Å². The van der Waals surface area contributed by atoms with Crippen LogP contribution in [0.25, 0.3) is 0 Å². The van der Waals surface area contributed by atoms with E-state index in [2.05, 4.69) is 43.1 Å². The fourth-order valence-electron chi connectivity index (χ4n) is 3.26. The van der Waals surface area contributed by atoms with Gasteiger partial charge in [0.15, 0.2) is 6.54 Å². The molecule has 0 saturated carbocycles. The van der Waals surface area contributed by atoms with Gasteiger partial charge in [0.25, 0.3) is 5.91 Å². The third-order valence-corrected chi connectivity index (χ3v) is 4.90. The zero-order valence-electron chi connectivity index (χ0n) is 16.2. The van der Waals surface area contributed by atoms with Gasteiger partial charge in [-0.3, -0.25) is 4.79 Å². The molecule has 1 aromatic carbocycles. The van der Waals surface area contributed by atoms with Crippen molar-refractivity contribution in [2.45, 2.75) is 39.7 Å². The summed E-state index contributed by atoms with van der Waals surface area (Å²) >= 11 is 0. The molecule has 0 unspecified atom stereocenters. The highest BCUT2D eigenvalue weighted by atomic mass is 16.5. The van der Waals surface area contributed by atoms with E-state index in [1.165, 1.54) is 10.6 Å². The Labute approximate surface area is 152 Å². The summed E-state index contributed by atoms with van der Waals surface area (Å²) in [5.41, 5.74) is 1.23. The van der Waals surface area contributed by atoms with Crippen molar-refractivity contribution in [2.24, 2.45) is 5.92 Å². The van der Waals surface area contributed by atoms with Crippen molar-refractivity contribution in [1.29, 1.82) is 0 Å². The summed E-state index contributed by atoms with van der Waals surface area (Å²) in [5, 5.41) is 3.15. The average molecular weight is 349 g/mol. The van der Waals surface area contributed by atoms with E-state index in [1.807, 2.05) is 12.1 Å². The highest BCUT2D eigenvalue weighted by Crippen LogP contribution is 2.18. The molecule has 1 heterocycles. The Morgan fingerprint density at radius 2 is 1.80 bits per heavy atom. The monoisotopic (exact) mass is 348 g/mol. The number of piperazine rings is 1. The quantitative estimate of drug-likeness (QED) is 0.745. The maximum Gasteiger partial charge on any atom is 0.275 e. The average Bonchev–Trinajstić information content (AvgIpc) is 2.60. The molecule has 5 nitrogen and oxygen atoms in total. The van der Waals surface area contributed by atoms with Crippen LogP contribution in [0.15, 0.2) is 24.3 Å². The van der Waals surface area contributed by atoms with Gasteiger partial charge in [-0.25, -0.2) is 0 Å². The van der Waals surface area contributed by atoms with Crippen molar-refractivity contribution >= 4 is 11.6 Å². The molecule has 1 aliphatic rings. The van der Waals surface area contributed by atoms with Crippen LogP contribution in [0.1, 0.15) is 33.6 Å². The molecular formula is C20H34N3O2+. The normalized spacial score (nSPS) is 16.8. The lowest BCUT2D eigenvalue weighted by atomic mass is 10.0. The van der Waals surface area contributed by atoms with Crippen molar-refractivity contribution in [3.63, 3.8) is 0 Å². The van der Waals surface area contributed by atoms with E-state index in [4.69, 9.17) is 4.74 Å². The minimum Gasteiger partial charge on any atom is -0.497 e. The second-order valence-corrected chi connectivity index (χ2v) is 7.55. The number of quaternary nitrogens is 1. The van der Waals surface area contributed by atoms with Crippen LogP contribution in [0.2, 0.25) is 0 Å². The van der Waals surface area contributed by atoms with Gasteiger partial charge in [0.2, 0.25) is 0 Å². The predicted molar refractivity (Wildman–Crippen MR) is 102 cm³/mol. The van der Waals surface area contributed by atoms with Gasteiger partial charge in [-0.15, -0.1) is 0 Å². The molecule has 5 heteroatoms. The molecule has 25 heavy (non-hydrogen) atoms. The maximum absolute atomic E-state index is 12.2. The van der Waals surface area contributed by atoms with E-state index in [9.17, 15) is 4.79 Å².